The molecule has 1 saturated heterocycles. The van der Waals surface area contributed by atoms with Crippen LogP contribution < -0.4 is 10.2 Å². The number of imide groups is 1. The molecule has 1 saturated carbocycles. The number of hydrogen-bond acceptors (Lipinski definition) is 4. The number of carbonyl (C=O) groups excluding carboxylic acids is 2. The molecule has 0 atom stereocenters. The van der Waals surface area contributed by atoms with Crippen molar-refractivity contribution in [1.82, 2.24) is 20.1 Å². The van der Waals surface area contributed by atoms with Gasteiger partial charge in [-0.25, -0.2) is 14.4 Å². The van der Waals surface area contributed by atoms with E-state index in [9.17, 15) is 9.59 Å². The van der Waals surface area contributed by atoms with E-state index >= 15 is 0 Å². The van der Waals surface area contributed by atoms with Crippen molar-refractivity contribution < 1.29 is 9.59 Å². The fraction of sp³-hybridized carbons (Fsp3) is 0.238. The summed E-state index contributed by atoms with van der Waals surface area (Å²) < 4.78 is 1.64. The molecule has 7 nitrogen and oxygen atoms in total. The zero-order valence-electron chi connectivity index (χ0n) is 15.7. The first-order valence-electron chi connectivity index (χ1n) is 9.36. The molecule has 0 radical (unpaired) electrons. The van der Waals surface area contributed by atoms with E-state index in [1.54, 1.807) is 23.1 Å². The number of carbonyl (C=O) groups is 2. The van der Waals surface area contributed by atoms with E-state index in [4.69, 9.17) is 11.6 Å². The number of anilines is 1. The second-order valence-corrected chi connectivity index (χ2v) is 7.95. The van der Waals surface area contributed by atoms with Crippen molar-refractivity contribution >= 4 is 29.2 Å². The van der Waals surface area contributed by atoms with Gasteiger partial charge in [-0.2, -0.15) is 5.10 Å². The van der Waals surface area contributed by atoms with Crippen molar-refractivity contribution in [2.45, 2.75) is 31.2 Å². The molecule has 1 aromatic carbocycles. The Morgan fingerprint density at radius 3 is 2.66 bits per heavy atom. The second-order valence-electron chi connectivity index (χ2n) is 7.55. The van der Waals surface area contributed by atoms with E-state index < -0.39 is 11.6 Å². The molecule has 1 N–H and O–H groups in total. The summed E-state index contributed by atoms with van der Waals surface area (Å²) in [5.74, 6) is -0.126. The summed E-state index contributed by atoms with van der Waals surface area (Å²) in [4.78, 5) is 31.4. The Kier molecular flexibility index (Phi) is 3.96. The van der Waals surface area contributed by atoms with Gasteiger partial charge in [0.1, 0.15) is 5.54 Å². The number of nitrogens with one attached hydrogen (secondary N) is 1. The highest BCUT2D eigenvalue weighted by molar-refractivity contribution is 6.31. The number of hydrogen-bond donors (Lipinski definition) is 1. The highest BCUT2D eigenvalue weighted by atomic mass is 35.5. The van der Waals surface area contributed by atoms with Gasteiger partial charge >= 0.3 is 6.03 Å². The largest absolute Gasteiger partial charge is 0.329 e. The molecule has 5 rings (SSSR count). The minimum absolute atomic E-state index is 0.134. The number of halogens is 1. The van der Waals surface area contributed by atoms with E-state index in [0.717, 1.165) is 11.3 Å². The maximum Gasteiger partial charge on any atom is 0.329 e. The lowest BCUT2D eigenvalue weighted by atomic mass is 9.65. The van der Waals surface area contributed by atoms with Crippen LogP contribution in [0.5, 0.6) is 0 Å². The quantitative estimate of drug-likeness (QED) is 0.672. The summed E-state index contributed by atoms with van der Waals surface area (Å²) in [6.07, 6.45) is 5.97. The number of aromatic nitrogens is 3. The van der Waals surface area contributed by atoms with Gasteiger partial charge in [0.05, 0.1) is 23.3 Å². The molecule has 0 bridgehead atoms. The average Bonchev–Trinajstić information content (AvgIpc) is 3.22. The van der Waals surface area contributed by atoms with Crippen molar-refractivity contribution in [3.8, 4) is 5.69 Å². The predicted octanol–water partition coefficient (Wildman–Crippen LogP) is 3.60. The normalized spacial score (nSPS) is 23.4. The maximum absolute atomic E-state index is 13.3. The first-order chi connectivity index (χ1) is 14.0. The Labute approximate surface area is 172 Å². The van der Waals surface area contributed by atoms with Gasteiger partial charge in [0.25, 0.3) is 5.91 Å². The van der Waals surface area contributed by atoms with Crippen LogP contribution in [-0.2, 0) is 4.79 Å². The van der Waals surface area contributed by atoms with E-state index in [1.165, 1.54) is 11.1 Å². The molecular weight excluding hydrogens is 390 g/mol. The number of rotatable bonds is 3. The van der Waals surface area contributed by atoms with E-state index in [1.807, 2.05) is 37.3 Å². The number of nitrogens with zero attached hydrogens (tertiary/aromatic N) is 4. The molecule has 3 heterocycles. The summed E-state index contributed by atoms with van der Waals surface area (Å²) in [6, 6.07) is 10.8. The van der Waals surface area contributed by atoms with Crippen LogP contribution in [0.15, 0.2) is 55.0 Å². The topological polar surface area (TPSA) is 80.1 Å². The summed E-state index contributed by atoms with van der Waals surface area (Å²) in [5, 5.41) is 7.99. The molecule has 2 aliphatic rings. The van der Waals surface area contributed by atoms with Crippen molar-refractivity contribution in [2.24, 2.45) is 0 Å². The summed E-state index contributed by atoms with van der Waals surface area (Å²) in [6.45, 7) is 1.88. The van der Waals surface area contributed by atoms with Gasteiger partial charge < -0.3 is 5.32 Å². The highest BCUT2D eigenvalue weighted by Gasteiger charge is 2.59. The zero-order valence-corrected chi connectivity index (χ0v) is 16.4. The van der Waals surface area contributed by atoms with E-state index in [-0.39, 0.29) is 11.8 Å². The summed E-state index contributed by atoms with van der Waals surface area (Å²) in [7, 11) is 0. The Balaban J connectivity index is 1.46. The van der Waals surface area contributed by atoms with Gasteiger partial charge in [-0.1, -0.05) is 29.8 Å². The highest BCUT2D eigenvalue weighted by Crippen LogP contribution is 2.50. The van der Waals surface area contributed by atoms with Gasteiger partial charge in [-0.15, -0.1) is 0 Å². The molecule has 0 unspecified atom stereocenters. The van der Waals surface area contributed by atoms with Gasteiger partial charge in [0, 0.05) is 17.4 Å². The van der Waals surface area contributed by atoms with Gasteiger partial charge in [-0.3, -0.25) is 9.78 Å². The lowest BCUT2D eigenvalue weighted by molar-refractivity contribution is -0.125. The number of benzene rings is 1. The molecule has 29 heavy (non-hydrogen) atoms. The molecule has 8 heteroatoms. The van der Waals surface area contributed by atoms with Gasteiger partial charge in [0.15, 0.2) is 0 Å². The standard InChI is InChI=1S/C21H18ClN5O2/c1-13-7-9-26(25-13)17-6-8-23-12-18(17)27-19(28)21(24-20(27)29)10-14(11-21)15-4-2-3-5-16(15)22/h2-9,12,14H,10-11H2,1H3,(H,24,29). The maximum atomic E-state index is 13.3. The molecule has 1 aliphatic carbocycles. The molecule has 1 spiro atoms. The van der Waals surface area contributed by atoms with Crippen LogP contribution in [0.2, 0.25) is 5.02 Å². The van der Waals surface area contributed by atoms with Crippen LogP contribution in [0.3, 0.4) is 0 Å². The minimum Gasteiger partial charge on any atom is -0.323 e. The third kappa shape index (κ3) is 2.73. The lowest BCUT2D eigenvalue weighted by Gasteiger charge is -2.43. The monoisotopic (exact) mass is 407 g/mol. The van der Waals surface area contributed by atoms with Gasteiger partial charge in [-0.05, 0) is 49.4 Å². The van der Waals surface area contributed by atoms with Gasteiger partial charge in [0.2, 0.25) is 0 Å². The molecule has 2 aromatic heterocycles. The number of urea groups is 1. The molecule has 1 aliphatic heterocycles. The molecule has 146 valence electrons. The third-order valence-electron chi connectivity index (χ3n) is 5.68. The van der Waals surface area contributed by atoms with Crippen LogP contribution >= 0.6 is 11.6 Å². The van der Waals surface area contributed by atoms with Crippen LogP contribution in [0.25, 0.3) is 5.69 Å². The van der Waals surface area contributed by atoms with Crippen molar-refractivity contribution in [3.63, 3.8) is 0 Å². The average molecular weight is 408 g/mol. The smallest absolute Gasteiger partial charge is 0.323 e. The number of pyridine rings is 1. The molecular formula is C21H18ClN5O2. The van der Waals surface area contributed by atoms with E-state index in [0.29, 0.717) is 29.2 Å². The van der Waals surface area contributed by atoms with Crippen molar-refractivity contribution in [3.05, 3.63) is 71.3 Å². The van der Waals surface area contributed by atoms with Crippen molar-refractivity contribution in [2.75, 3.05) is 4.90 Å². The fourth-order valence-electron chi connectivity index (χ4n) is 4.22. The first kappa shape index (κ1) is 17.9. The van der Waals surface area contributed by atoms with Crippen LogP contribution in [0.1, 0.15) is 30.0 Å². The number of aryl methyl sites for hydroxylation is 1. The van der Waals surface area contributed by atoms with Crippen LogP contribution in [-0.4, -0.2) is 32.2 Å². The predicted molar refractivity (Wildman–Crippen MR) is 108 cm³/mol. The number of amides is 3. The van der Waals surface area contributed by atoms with Crippen LogP contribution in [0, 0.1) is 6.92 Å². The van der Waals surface area contributed by atoms with E-state index in [2.05, 4.69) is 15.4 Å². The van der Waals surface area contributed by atoms with Crippen molar-refractivity contribution in [1.29, 1.82) is 0 Å². The minimum atomic E-state index is -0.895. The summed E-state index contributed by atoms with van der Waals surface area (Å²) >= 11 is 6.31. The van der Waals surface area contributed by atoms with Crippen LogP contribution in [0.4, 0.5) is 10.5 Å². The zero-order chi connectivity index (χ0) is 20.2. The second kappa shape index (κ2) is 6.42. The molecule has 3 aromatic rings. The Hall–Kier alpha value is -3.19. The first-order valence-corrected chi connectivity index (χ1v) is 9.74. The Morgan fingerprint density at radius 2 is 1.93 bits per heavy atom. The molecule has 3 amide bonds. The Bertz CT molecular complexity index is 1140. The summed E-state index contributed by atoms with van der Waals surface area (Å²) in [5.41, 5.74) is 1.98. The fourth-order valence-corrected chi connectivity index (χ4v) is 4.51. The molecule has 2 fully saturated rings. The Morgan fingerprint density at radius 1 is 1.14 bits per heavy atom. The SMILES string of the molecule is Cc1ccn(-c2ccncc2N2C(=O)NC3(CC(c4ccccc4Cl)C3)C2=O)n1. The third-order valence-corrected chi connectivity index (χ3v) is 6.03. The lowest BCUT2D eigenvalue weighted by Crippen LogP contribution is -2.56.